The van der Waals surface area contributed by atoms with E-state index in [2.05, 4.69) is 26.6 Å². The fraction of sp³-hybridized carbons (Fsp3) is 0.333. The first-order valence-electron chi connectivity index (χ1n) is 6.01. The van der Waals surface area contributed by atoms with Crippen molar-refractivity contribution < 1.29 is 19.6 Å². The lowest BCUT2D eigenvalue weighted by molar-refractivity contribution is -0.385. The van der Waals surface area contributed by atoms with Gasteiger partial charge in [0.05, 0.1) is 10.6 Å². The maximum absolute atomic E-state index is 11.7. The van der Waals surface area contributed by atoms with Gasteiger partial charge in [0.1, 0.15) is 6.04 Å². The van der Waals surface area contributed by atoms with E-state index in [-0.39, 0.29) is 17.8 Å². The largest absolute Gasteiger partial charge is 0.480 e. The zero-order valence-electron chi connectivity index (χ0n) is 11.3. The molecule has 0 spiro atoms. The van der Waals surface area contributed by atoms with E-state index in [1.807, 2.05) is 0 Å². The minimum atomic E-state index is -1.15. The molecule has 1 atom stereocenters. The van der Waals surface area contributed by atoms with Gasteiger partial charge >= 0.3 is 12.0 Å². The van der Waals surface area contributed by atoms with Crippen LogP contribution in [0.2, 0.25) is 0 Å². The van der Waals surface area contributed by atoms with Gasteiger partial charge in [-0.05, 0) is 35.3 Å². The number of urea groups is 1. The molecule has 0 aliphatic rings. The van der Waals surface area contributed by atoms with Gasteiger partial charge < -0.3 is 15.7 Å². The molecule has 21 heavy (non-hydrogen) atoms. The lowest BCUT2D eigenvalue weighted by Gasteiger charge is -2.14. The smallest absolute Gasteiger partial charge is 0.326 e. The first-order valence-corrected chi connectivity index (χ1v) is 6.80. The van der Waals surface area contributed by atoms with Crippen molar-refractivity contribution >= 4 is 39.3 Å². The quantitative estimate of drug-likeness (QED) is 0.550. The monoisotopic (exact) mass is 359 g/mol. The number of nitro groups is 1. The molecule has 2 amide bonds. The van der Waals surface area contributed by atoms with Crippen molar-refractivity contribution in [2.24, 2.45) is 0 Å². The maximum Gasteiger partial charge on any atom is 0.326 e. The van der Waals surface area contributed by atoms with E-state index in [4.69, 9.17) is 5.11 Å². The number of amides is 2. The summed E-state index contributed by atoms with van der Waals surface area (Å²) in [6, 6.07) is 0.940. The molecule has 1 rings (SSSR count). The van der Waals surface area contributed by atoms with Crippen LogP contribution in [0.5, 0.6) is 0 Å². The van der Waals surface area contributed by atoms with E-state index in [9.17, 15) is 19.7 Å². The van der Waals surface area contributed by atoms with Gasteiger partial charge in [-0.1, -0.05) is 6.92 Å². The number of rotatable bonds is 5. The van der Waals surface area contributed by atoms with Gasteiger partial charge in [-0.3, -0.25) is 10.1 Å². The molecular weight excluding hydrogens is 346 g/mol. The number of nitrogens with zero attached hydrogens (tertiary/aromatic N) is 1. The van der Waals surface area contributed by atoms with Crippen LogP contribution in [0.4, 0.5) is 16.2 Å². The molecule has 9 heteroatoms. The molecule has 8 nitrogen and oxygen atoms in total. The highest BCUT2D eigenvalue weighted by Crippen LogP contribution is 2.30. The van der Waals surface area contributed by atoms with Crippen LogP contribution in [0.15, 0.2) is 16.6 Å². The van der Waals surface area contributed by atoms with Crippen LogP contribution >= 0.6 is 15.9 Å². The van der Waals surface area contributed by atoms with E-state index in [0.717, 1.165) is 0 Å². The number of carbonyl (C=O) groups is 2. The molecule has 0 bridgehead atoms. The highest BCUT2D eigenvalue weighted by molar-refractivity contribution is 9.10. The molecule has 1 aromatic carbocycles. The Kier molecular flexibility index (Phi) is 5.65. The lowest BCUT2D eigenvalue weighted by atomic mass is 10.2. The zero-order chi connectivity index (χ0) is 16.2. The highest BCUT2D eigenvalue weighted by Gasteiger charge is 2.19. The van der Waals surface area contributed by atoms with E-state index in [0.29, 0.717) is 10.0 Å². The number of aryl methyl sites for hydroxylation is 1. The number of benzene rings is 1. The molecule has 3 N–H and O–H groups in total. The predicted molar refractivity (Wildman–Crippen MR) is 79.4 cm³/mol. The molecule has 0 aromatic heterocycles. The third-order valence-corrected chi connectivity index (χ3v) is 3.40. The fourth-order valence-corrected chi connectivity index (χ4v) is 2.17. The van der Waals surface area contributed by atoms with Crippen molar-refractivity contribution in [3.8, 4) is 0 Å². The number of hydrogen-bond acceptors (Lipinski definition) is 4. The molecule has 0 saturated heterocycles. The second-order valence-corrected chi connectivity index (χ2v) is 5.13. The predicted octanol–water partition coefficient (Wildman–Crippen LogP) is 2.65. The van der Waals surface area contributed by atoms with E-state index in [1.54, 1.807) is 13.8 Å². The summed E-state index contributed by atoms with van der Waals surface area (Å²) in [5.74, 6) is -1.15. The fourth-order valence-electron chi connectivity index (χ4n) is 1.61. The number of nitro benzene ring substituents is 1. The summed E-state index contributed by atoms with van der Waals surface area (Å²) >= 11 is 3.19. The number of carbonyl (C=O) groups excluding carboxylic acids is 1. The summed E-state index contributed by atoms with van der Waals surface area (Å²) < 4.78 is 0.462. The number of aliphatic carboxylic acids is 1. The average Bonchev–Trinajstić information content (AvgIpc) is 2.38. The third kappa shape index (κ3) is 4.42. The summed E-state index contributed by atoms with van der Waals surface area (Å²) in [5.41, 5.74) is 0.485. The number of anilines is 1. The number of carboxylic acid groups (broad SMARTS) is 1. The molecule has 0 fully saturated rings. The Bertz CT molecular complexity index is 591. The molecule has 0 aliphatic carbocycles. The third-order valence-electron chi connectivity index (χ3n) is 2.74. The van der Waals surface area contributed by atoms with E-state index in [1.165, 1.54) is 12.1 Å². The van der Waals surface area contributed by atoms with Crippen molar-refractivity contribution in [3.05, 3.63) is 32.3 Å². The number of halogens is 1. The van der Waals surface area contributed by atoms with Crippen molar-refractivity contribution in [2.75, 3.05) is 5.32 Å². The Labute approximate surface area is 128 Å². The minimum Gasteiger partial charge on any atom is -0.480 e. The summed E-state index contributed by atoms with van der Waals surface area (Å²) in [4.78, 5) is 32.9. The van der Waals surface area contributed by atoms with E-state index >= 15 is 0 Å². The molecule has 0 aliphatic heterocycles. The van der Waals surface area contributed by atoms with Gasteiger partial charge in [-0.15, -0.1) is 0 Å². The SMILES string of the molecule is CCC(NC(=O)Nc1cc([N+](=O)[O-])c(C)cc1Br)C(=O)O. The Morgan fingerprint density at radius 3 is 2.57 bits per heavy atom. The Hall–Kier alpha value is -2.16. The number of carboxylic acids is 1. The summed E-state index contributed by atoms with van der Waals surface area (Å²) in [5, 5.41) is 24.4. The normalized spacial score (nSPS) is 11.6. The van der Waals surface area contributed by atoms with Crippen LogP contribution in [0.1, 0.15) is 18.9 Å². The van der Waals surface area contributed by atoms with Crippen LogP contribution in [0.25, 0.3) is 0 Å². The van der Waals surface area contributed by atoms with Crippen molar-refractivity contribution in [3.63, 3.8) is 0 Å². The number of hydrogen-bond donors (Lipinski definition) is 3. The van der Waals surface area contributed by atoms with Crippen LogP contribution < -0.4 is 10.6 Å². The Morgan fingerprint density at radius 2 is 2.10 bits per heavy atom. The lowest BCUT2D eigenvalue weighted by Crippen LogP contribution is -2.42. The Morgan fingerprint density at radius 1 is 1.48 bits per heavy atom. The van der Waals surface area contributed by atoms with Gasteiger partial charge in [0.15, 0.2) is 0 Å². The summed E-state index contributed by atoms with van der Waals surface area (Å²) in [7, 11) is 0. The molecule has 1 unspecified atom stereocenters. The molecular formula is C12H14BrN3O5. The second-order valence-electron chi connectivity index (χ2n) is 4.27. The van der Waals surface area contributed by atoms with E-state index < -0.39 is 23.0 Å². The molecule has 0 saturated carbocycles. The van der Waals surface area contributed by atoms with Gasteiger partial charge in [-0.2, -0.15) is 0 Å². The Balaban J connectivity index is 2.92. The number of nitrogens with one attached hydrogen (secondary N) is 2. The standard InChI is InChI=1S/C12H14BrN3O5/c1-3-8(11(17)18)14-12(19)15-9-5-10(16(20)21)6(2)4-7(9)13/h4-5,8H,3H2,1-2H3,(H,17,18)(H2,14,15,19). The molecule has 0 heterocycles. The molecule has 1 aromatic rings. The maximum atomic E-state index is 11.7. The van der Waals surface area contributed by atoms with Gasteiger partial charge in [0.2, 0.25) is 0 Å². The van der Waals surface area contributed by atoms with Crippen molar-refractivity contribution in [2.45, 2.75) is 26.3 Å². The van der Waals surface area contributed by atoms with Crippen LogP contribution in [0.3, 0.4) is 0 Å². The molecule has 114 valence electrons. The van der Waals surface area contributed by atoms with Crippen molar-refractivity contribution in [1.82, 2.24) is 5.32 Å². The topological polar surface area (TPSA) is 122 Å². The van der Waals surface area contributed by atoms with Gasteiger partial charge in [-0.25, -0.2) is 9.59 Å². The van der Waals surface area contributed by atoms with Gasteiger partial charge in [0, 0.05) is 16.1 Å². The first-order chi connectivity index (χ1) is 9.76. The summed E-state index contributed by atoms with van der Waals surface area (Å²) in [6.07, 6.45) is 0.220. The second kappa shape index (κ2) is 7.02. The first kappa shape index (κ1) is 16.9. The zero-order valence-corrected chi connectivity index (χ0v) is 12.9. The molecule has 0 radical (unpaired) electrons. The van der Waals surface area contributed by atoms with Crippen LogP contribution in [-0.2, 0) is 4.79 Å². The van der Waals surface area contributed by atoms with Gasteiger partial charge in [0.25, 0.3) is 5.69 Å². The average molecular weight is 360 g/mol. The van der Waals surface area contributed by atoms with Crippen LogP contribution in [-0.4, -0.2) is 28.1 Å². The highest BCUT2D eigenvalue weighted by atomic mass is 79.9. The summed E-state index contributed by atoms with van der Waals surface area (Å²) in [6.45, 7) is 3.19. The minimum absolute atomic E-state index is 0.140. The van der Waals surface area contributed by atoms with Crippen molar-refractivity contribution in [1.29, 1.82) is 0 Å². The van der Waals surface area contributed by atoms with Crippen LogP contribution in [0, 0.1) is 17.0 Å².